The molecule has 0 spiro atoms. The van der Waals surface area contributed by atoms with Crippen LogP contribution in [0.5, 0.6) is 0 Å². The Morgan fingerprint density at radius 3 is 2.09 bits per heavy atom. The van der Waals surface area contributed by atoms with Gasteiger partial charge in [0, 0.05) is 18.8 Å². The average Bonchev–Trinajstić information content (AvgIpc) is 3.06. The van der Waals surface area contributed by atoms with E-state index < -0.39 is 0 Å². The lowest BCUT2D eigenvalue weighted by Gasteiger charge is -1.95. The summed E-state index contributed by atoms with van der Waals surface area (Å²) in [4.78, 5) is 3.12. The maximum absolute atomic E-state index is 4.93. The van der Waals surface area contributed by atoms with E-state index in [4.69, 9.17) is 4.74 Å². The molecule has 0 saturated carbocycles. The van der Waals surface area contributed by atoms with Crippen LogP contribution in [0, 0.1) is 0 Å². The zero-order chi connectivity index (χ0) is 16.0. The van der Waals surface area contributed by atoms with E-state index in [1.54, 1.807) is 7.11 Å². The Labute approximate surface area is 133 Å². The summed E-state index contributed by atoms with van der Waals surface area (Å²) >= 11 is 0. The van der Waals surface area contributed by atoms with E-state index in [-0.39, 0.29) is 0 Å². The first-order valence-corrected chi connectivity index (χ1v) is 7.44. The van der Waals surface area contributed by atoms with Crippen molar-refractivity contribution in [1.82, 2.24) is 4.98 Å². The molecular weight excluding hydrogens is 270 g/mol. The summed E-state index contributed by atoms with van der Waals surface area (Å²) in [5, 5.41) is 1.28. The smallest absolute Gasteiger partial charge is 0.0713 e. The molecule has 0 fully saturated rings. The van der Waals surface area contributed by atoms with Crippen molar-refractivity contribution < 1.29 is 4.74 Å². The molecule has 3 aromatic rings. The Bertz CT molecular complexity index is 607. The molecule has 22 heavy (non-hydrogen) atoms. The van der Waals surface area contributed by atoms with E-state index in [2.05, 4.69) is 23.2 Å². The van der Waals surface area contributed by atoms with Crippen molar-refractivity contribution in [2.45, 2.75) is 20.5 Å². The first kappa shape index (κ1) is 17.7. The van der Waals surface area contributed by atoms with Crippen LogP contribution in [0.3, 0.4) is 0 Å². The number of H-pyrrole nitrogens is 1. The lowest BCUT2D eigenvalue weighted by atomic mass is 10.2. The highest BCUT2D eigenvalue weighted by atomic mass is 16.5. The number of aromatic nitrogens is 1. The van der Waals surface area contributed by atoms with Gasteiger partial charge in [-0.15, -0.1) is 0 Å². The van der Waals surface area contributed by atoms with Crippen LogP contribution in [-0.4, -0.2) is 12.1 Å². The van der Waals surface area contributed by atoms with E-state index in [0.717, 1.165) is 0 Å². The second-order valence-corrected chi connectivity index (χ2v) is 4.65. The molecule has 0 aliphatic rings. The van der Waals surface area contributed by atoms with Gasteiger partial charge in [-0.2, -0.15) is 0 Å². The highest BCUT2D eigenvalue weighted by Crippen LogP contribution is 2.09. The molecular formula is C20H25NO. The molecule has 0 atom stereocenters. The summed E-state index contributed by atoms with van der Waals surface area (Å²) in [6, 6.07) is 20.4. The topological polar surface area (TPSA) is 25.0 Å². The summed E-state index contributed by atoms with van der Waals surface area (Å²) in [5.74, 6) is 0. The molecule has 116 valence electrons. The van der Waals surface area contributed by atoms with E-state index >= 15 is 0 Å². The van der Waals surface area contributed by atoms with Crippen LogP contribution in [0.15, 0.2) is 79.0 Å². The Hall–Kier alpha value is -2.32. The van der Waals surface area contributed by atoms with Crippen LogP contribution in [0.4, 0.5) is 0 Å². The van der Waals surface area contributed by atoms with Gasteiger partial charge in [0.15, 0.2) is 0 Å². The third-order valence-corrected chi connectivity index (χ3v) is 2.95. The van der Waals surface area contributed by atoms with Gasteiger partial charge < -0.3 is 9.72 Å². The summed E-state index contributed by atoms with van der Waals surface area (Å²) in [7, 11) is 1.70. The van der Waals surface area contributed by atoms with Gasteiger partial charge in [-0.05, 0) is 36.9 Å². The first-order chi connectivity index (χ1) is 10.8. The predicted molar refractivity (Wildman–Crippen MR) is 95.9 cm³/mol. The van der Waals surface area contributed by atoms with Crippen molar-refractivity contribution >= 4 is 10.9 Å². The fourth-order valence-electron chi connectivity index (χ4n) is 1.74. The molecule has 1 heterocycles. The summed E-state index contributed by atoms with van der Waals surface area (Å²) in [6.07, 6.45) is 5.95. The number of benzene rings is 2. The number of hydrogen-bond donors (Lipinski definition) is 1. The highest BCUT2D eigenvalue weighted by molar-refractivity contribution is 5.78. The Morgan fingerprint density at radius 2 is 1.50 bits per heavy atom. The predicted octanol–water partition coefficient (Wildman–Crippen LogP) is 5.58. The van der Waals surface area contributed by atoms with E-state index in [1.165, 1.54) is 16.5 Å². The monoisotopic (exact) mass is 295 g/mol. The standard InChI is InChI=1S/C8H7N.C8H10O.C4H8/c1-2-4-8-7(3-1)5-6-9-8;1-9-7-8-5-3-2-4-6-8;1-3-4-2/h1-6,9H;2-6H,7H2,1H3;3-4H,1-2H3. The Balaban J connectivity index is 0.000000179. The van der Waals surface area contributed by atoms with Crippen LogP contribution in [0.25, 0.3) is 10.9 Å². The minimum absolute atomic E-state index is 0.709. The molecule has 3 rings (SSSR count). The Kier molecular flexibility index (Phi) is 9.15. The van der Waals surface area contributed by atoms with Crippen LogP contribution >= 0.6 is 0 Å². The molecule has 0 saturated heterocycles. The zero-order valence-corrected chi connectivity index (χ0v) is 13.6. The van der Waals surface area contributed by atoms with E-state index in [9.17, 15) is 0 Å². The number of para-hydroxylation sites is 1. The summed E-state index contributed by atoms with van der Waals surface area (Å²) in [6.45, 7) is 4.71. The second kappa shape index (κ2) is 11.4. The minimum Gasteiger partial charge on any atom is -0.380 e. The molecule has 2 aromatic carbocycles. The zero-order valence-electron chi connectivity index (χ0n) is 13.6. The molecule has 2 heteroatoms. The molecule has 0 radical (unpaired) electrons. The Morgan fingerprint density at radius 1 is 0.864 bits per heavy atom. The van der Waals surface area contributed by atoms with Crippen molar-refractivity contribution in [2.75, 3.05) is 7.11 Å². The van der Waals surface area contributed by atoms with Gasteiger partial charge in [-0.25, -0.2) is 0 Å². The number of hydrogen-bond acceptors (Lipinski definition) is 1. The van der Waals surface area contributed by atoms with E-state index in [0.29, 0.717) is 6.61 Å². The van der Waals surface area contributed by atoms with Crippen molar-refractivity contribution in [3.8, 4) is 0 Å². The SMILES string of the molecule is CC=CC.COCc1ccccc1.c1ccc2[nH]ccc2c1. The molecule has 0 aliphatic heterocycles. The normalized spacial score (nSPS) is 9.77. The lowest BCUT2D eigenvalue weighted by Crippen LogP contribution is -1.84. The molecule has 0 unspecified atom stereocenters. The van der Waals surface area contributed by atoms with Gasteiger partial charge in [-0.1, -0.05) is 60.7 Å². The summed E-state index contributed by atoms with van der Waals surface area (Å²) in [5.41, 5.74) is 2.43. The van der Waals surface area contributed by atoms with Gasteiger partial charge in [0.05, 0.1) is 6.61 Å². The van der Waals surface area contributed by atoms with E-state index in [1.807, 2.05) is 74.7 Å². The maximum Gasteiger partial charge on any atom is 0.0713 e. The number of rotatable bonds is 2. The molecule has 0 amide bonds. The van der Waals surface area contributed by atoms with Gasteiger partial charge in [0.25, 0.3) is 0 Å². The quantitative estimate of drug-likeness (QED) is 0.613. The number of fused-ring (bicyclic) bond motifs is 1. The molecule has 0 bridgehead atoms. The number of aromatic amines is 1. The molecule has 1 aromatic heterocycles. The van der Waals surface area contributed by atoms with Gasteiger partial charge in [-0.3, -0.25) is 0 Å². The number of nitrogens with one attached hydrogen (secondary N) is 1. The minimum atomic E-state index is 0.709. The first-order valence-electron chi connectivity index (χ1n) is 7.44. The average molecular weight is 295 g/mol. The fraction of sp³-hybridized carbons (Fsp3) is 0.200. The van der Waals surface area contributed by atoms with Gasteiger partial charge >= 0.3 is 0 Å². The maximum atomic E-state index is 4.93. The number of ether oxygens (including phenoxy) is 1. The highest BCUT2D eigenvalue weighted by Gasteiger charge is 1.86. The lowest BCUT2D eigenvalue weighted by molar-refractivity contribution is 0.185. The molecule has 1 N–H and O–H groups in total. The van der Waals surface area contributed by atoms with Crippen LogP contribution in [0.2, 0.25) is 0 Å². The van der Waals surface area contributed by atoms with Crippen LogP contribution in [-0.2, 0) is 11.3 Å². The van der Waals surface area contributed by atoms with Gasteiger partial charge in [0.1, 0.15) is 0 Å². The summed E-state index contributed by atoms with van der Waals surface area (Å²) < 4.78 is 4.93. The molecule has 2 nitrogen and oxygen atoms in total. The molecule has 0 aliphatic carbocycles. The third kappa shape index (κ3) is 6.91. The third-order valence-electron chi connectivity index (χ3n) is 2.95. The largest absolute Gasteiger partial charge is 0.380 e. The second-order valence-electron chi connectivity index (χ2n) is 4.65. The van der Waals surface area contributed by atoms with Crippen LogP contribution in [0.1, 0.15) is 19.4 Å². The number of allylic oxidation sites excluding steroid dienone is 2. The van der Waals surface area contributed by atoms with Crippen molar-refractivity contribution in [1.29, 1.82) is 0 Å². The van der Waals surface area contributed by atoms with Crippen molar-refractivity contribution in [3.05, 3.63) is 84.6 Å². The van der Waals surface area contributed by atoms with Crippen molar-refractivity contribution in [2.24, 2.45) is 0 Å². The van der Waals surface area contributed by atoms with Gasteiger partial charge in [0.2, 0.25) is 0 Å². The van der Waals surface area contributed by atoms with Crippen LogP contribution < -0.4 is 0 Å². The number of methoxy groups -OCH3 is 1. The fourth-order valence-corrected chi connectivity index (χ4v) is 1.74. The van der Waals surface area contributed by atoms with Crippen molar-refractivity contribution in [3.63, 3.8) is 0 Å².